The van der Waals surface area contributed by atoms with Crippen molar-refractivity contribution < 1.29 is 4.40 Å². The molecule has 62 valence electrons. The van der Waals surface area contributed by atoms with Crippen molar-refractivity contribution in [2.45, 2.75) is 13.8 Å². The van der Waals surface area contributed by atoms with Gasteiger partial charge in [-0.05, 0) is 19.1 Å². The fourth-order valence-corrected chi connectivity index (χ4v) is 1.59. The van der Waals surface area contributed by atoms with Gasteiger partial charge in [0.15, 0.2) is 0 Å². The maximum atomic E-state index is 4.33. The van der Waals surface area contributed by atoms with Gasteiger partial charge in [0.05, 0.1) is 13.2 Å². The zero-order chi connectivity index (χ0) is 8.72. The molecule has 0 aromatic carbocycles. The Hall–Kier alpha value is -1.38. The third kappa shape index (κ3) is 0.826. The normalized spacial score (nSPS) is 10.9. The second-order valence-corrected chi connectivity index (χ2v) is 3.06. The summed E-state index contributed by atoms with van der Waals surface area (Å²) in [4.78, 5) is 0. The van der Waals surface area contributed by atoms with Gasteiger partial charge in [-0.3, -0.25) is 0 Å². The van der Waals surface area contributed by atoms with Crippen LogP contribution in [-0.2, 0) is 7.05 Å². The Morgan fingerprint density at radius 2 is 2.17 bits per heavy atom. The van der Waals surface area contributed by atoms with Crippen LogP contribution < -0.4 is 4.40 Å². The van der Waals surface area contributed by atoms with E-state index in [4.69, 9.17) is 0 Å². The van der Waals surface area contributed by atoms with Gasteiger partial charge in [0.2, 0.25) is 0 Å². The van der Waals surface area contributed by atoms with Gasteiger partial charge in [-0.15, -0.1) is 4.68 Å². The second kappa shape index (κ2) is 2.30. The van der Waals surface area contributed by atoms with E-state index in [9.17, 15) is 0 Å². The maximum absolute atomic E-state index is 4.33. The van der Waals surface area contributed by atoms with Crippen molar-refractivity contribution in [1.29, 1.82) is 0 Å². The Labute approximate surface area is 71.3 Å². The molecule has 0 fully saturated rings. The molecule has 2 rings (SSSR count). The van der Waals surface area contributed by atoms with Crippen LogP contribution in [-0.4, -0.2) is 9.78 Å². The van der Waals surface area contributed by atoms with Gasteiger partial charge in [-0.2, -0.15) is 0 Å². The first-order valence-electron chi connectivity index (χ1n) is 4.01. The van der Waals surface area contributed by atoms with E-state index in [1.54, 1.807) is 0 Å². The molecule has 0 spiro atoms. The minimum atomic E-state index is 1.02. The van der Waals surface area contributed by atoms with Crippen molar-refractivity contribution in [3.05, 3.63) is 29.7 Å². The maximum Gasteiger partial charge on any atom is 0.279 e. The predicted molar refractivity (Wildman–Crippen MR) is 45.8 cm³/mol. The summed E-state index contributed by atoms with van der Waals surface area (Å²) in [5, 5.41) is 4.33. The fraction of sp³-hybridized carbons (Fsp3) is 0.333. The molecule has 3 nitrogen and oxygen atoms in total. The molecule has 2 aromatic rings. The molecule has 2 heterocycles. The molecule has 0 aliphatic carbocycles. The number of rotatable bonds is 0. The molecule has 0 amide bonds. The van der Waals surface area contributed by atoms with E-state index in [-0.39, 0.29) is 0 Å². The van der Waals surface area contributed by atoms with Crippen molar-refractivity contribution in [2.24, 2.45) is 7.05 Å². The molecule has 3 heteroatoms. The molecular weight excluding hydrogens is 150 g/mol. The number of aryl methyl sites for hydroxylation is 3. The Kier molecular flexibility index (Phi) is 1.40. The monoisotopic (exact) mass is 162 g/mol. The quantitative estimate of drug-likeness (QED) is 0.524. The number of hydrogen-bond acceptors (Lipinski definition) is 1. The summed E-state index contributed by atoms with van der Waals surface area (Å²) in [5.74, 6) is 1.02. The highest BCUT2D eigenvalue weighted by molar-refractivity contribution is 5.39. The van der Waals surface area contributed by atoms with Crippen LogP contribution in [0.15, 0.2) is 18.3 Å². The molecule has 0 saturated carbocycles. The van der Waals surface area contributed by atoms with Crippen molar-refractivity contribution >= 4 is 5.65 Å². The zero-order valence-corrected chi connectivity index (χ0v) is 7.57. The van der Waals surface area contributed by atoms with E-state index >= 15 is 0 Å². The summed E-state index contributed by atoms with van der Waals surface area (Å²) in [7, 11) is 1.97. The SMILES string of the molecule is Cc1ccc[n+]2c(C)nn(C)c12. The molecular formula is C9H12N3+. The van der Waals surface area contributed by atoms with Crippen molar-refractivity contribution in [3.8, 4) is 0 Å². The van der Waals surface area contributed by atoms with Crippen molar-refractivity contribution in [2.75, 3.05) is 0 Å². The third-order valence-electron chi connectivity index (χ3n) is 2.11. The summed E-state index contributed by atoms with van der Waals surface area (Å²) >= 11 is 0. The number of pyridine rings is 1. The molecule has 2 aromatic heterocycles. The van der Waals surface area contributed by atoms with Crippen LogP contribution in [0, 0.1) is 13.8 Å². The average molecular weight is 162 g/mol. The average Bonchev–Trinajstić information content (AvgIpc) is 2.29. The highest BCUT2D eigenvalue weighted by Crippen LogP contribution is 2.02. The molecule has 0 aliphatic heterocycles. The second-order valence-electron chi connectivity index (χ2n) is 3.06. The number of nitrogens with zero attached hydrogens (tertiary/aromatic N) is 3. The smallest absolute Gasteiger partial charge is 0.201 e. The number of hydrogen-bond donors (Lipinski definition) is 0. The van der Waals surface area contributed by atoms with Gasteiger partial charge >= 0.3 is 0 Å². The summed E-state index contributed by atoms with van der Waals surface area (Å²) < 4.78 is 4.00. The minimum Gasteiger partial charge on any atom is -0.201 e. The van der Waals surface area contributed by atoms with Crippen molar-refractivity contribution in [1.82, 2.24) is 9.78 Å². The Balaban J connectivity index is 2.99. The summed E-state index contributed by atoms with van der Waals surface area (Å²) in [6.45, 7) is 4.10. The standard InChI is InChI=1S/C9H12N3/c1-7-5-4-6-12-8(2)10-11(3)9(7)12/h4-6H,1-3H3/q+1. The molecule has 0 aliphatic rings. The van der Waals surface area contributed by atoms with Gasteiger partial charge in [-0.25, -0.2) is 4.40 Å². The first kappa shape index (κ1) is 7.28. The molecule has 0 unspecified atom stereocenters. The minimum absolute atomic E-state index is 1.02. The highest BCUT2D eigenvalue weighted by atomic mass is 15.3. The van der Waals surface area contributed by atoms with E-state index < -0.39 is 0 Å². The van der Waals surface area contributed by atoms with E-state index in [1.807, 2.05) is 30.9 Å². The molecule has 0 atom stereocenters. The Bertz CT molecular complexity index is 429. The van der Waals surface area contributed by atoms with Crippen LogP contribution in [0.3, 0.4) is 0 Å². The zero-order valence-electron chi connectivity index (χ0n) is 7.57. The third-order valence-corrected chi connectivity index (χ3v) is 2.11. The topological polar surface area (TPSA) is 21.9 Å². The molecule has 0 N–H and O–H groups in total. The lowest BCUT2D eigenvalue weighted by Crippen LogP contribution is -2.23. The Morgan fingerprint density at radius 1 is 1.42 bits per heavy atom. The van der Waals surface area contributed by atoms with E-state index in [0.717, 1.165) is 11.5 Å². The van der Waals surface area contributed by atoms with E-state index in [1.165, 1.54) is 5.56 Å². The lowest BCUT2D eigenvalue weighted by molar-refractivity contribution is -0.520. The molecule has 12 heavy (non-hydrogen) atoms. The number of fused-ring (bicyclic) bond motifs is 1. The van der Waals surface area contributed by atoms with Crippen LogP contribution in [0.4, 0.5) is 0 Å². The summed E-state index contributed by atoms with van der Waals surface area (Å²) in [6, 6.07) is 4.13. The first-order chi connectivity index (χ1) is 5.70. The van der Waals surface area contributed by atoms with Crippen LogP contribution >= 0.6 is 0 Å². The van der Waals surface area contributed by atoms with Crippen LogP contribution in [0.1, 0.15) is 11.4 Å². The van der Waals surface area contributed by atoms with Crippen molar-refractivity contribution in [3.63, 3.8) is 0 Å². The van der Waals surface area contributed by atoms with Crippen LogP contribution in [0.2, 0.25) is 0 Å². The van der Waals surface area contributed by atoms with E-state index in [0.29, 0.717) is 0 Å². The van der Waals surface area contributed by atoms with E-state index in [2.05, 4.69) is 22.5 Å². The summed E-state index contributed by atoms with van der Waals surface area (Å²) in [6.07, 6.45) is 2.03. The lowest BCUT2D eigenvalue weighted by Gasteiger charge is -1.91. The van der Waals surface area contributed by atoms with Gasteiger partial charge in [0.25, 0.3) is 11.5 Å². The first-order valence-corrected chi connectivity index (χ1v) is 4.01. The van der Waals surface area contributed by atoms with Crippen LogP contribution in [0.25, 0.3) is 5.65 Å². The van der Waals surface area contributed by atoms with Gasteiger partial charge in [-0.1, -0.05) is 0 Å². The molecule has 0 radical (unpaired) electrons. The van der Waals surface area contributed by atoms with Gasteiger partial charge in [0.1, 0.15) is 0 Å². The fourth-order valence-electron chi connectivity index (χ4n) is 1.59. The molecule has 0 bridgehead atoms. The molecule has 0 saturated heterocycles. The largest absolute Gasteiger partial charge is 0.279 e. The summed E-state index contributed by atoms with van der Waals surface area (Å²) in [5.41, 5.74) is 2.41. The van der Waals surface area contributed by atoms with Crippen LogP contribution in [0.5, 0.6) is 0 Å². The Morgan fingerprint density at radius 3 is 2.83 bits per heavy atom. The van der Waals surface area contributed by atoms with Gasteiger partial charge in [0, 0.05) is 17.6 Å². The highest BCUT2D eigenvalue weighted by Gasteiger charge is 2.13. The lowest BCUT2D eigenvalue weighted by atomic mass is 10.3. The predicted octanol–water partition coefficient (Wildman–Crippen LogP) is 0.776. The number of aromatic nitrogens is 3. The van der Waals surface area contributed by atoms with Gasteiger partial charge < -0.3 is 0 Å².